The third-order valence-corrected chi connectivity index (χ3v) is 4.18. The molecule has 1 atom stereocenters. The highest BCUT2D eigenvalue weighted by Gasteiger charge is 2.30. The Balaban J connectivity index is 1.95. The molecule has 0 aliphatic heterocycles. The molecular formula is C20H19NO2. The van der Waals surface area contributed by atoms with E-state index in [-0.39, 0.29) is 11.7 Å². The van der Waals surface area contributed by atoms with Gasteiger partial charge in [-0.3, -0.25) is 9.79 Å². The number of hydrogen-bond acceptors (Lipinski definition) is 3. The van der Waals surface area contributed by atoms with E-state index in [0.29, 0.717) is 24.1 Å². The fourth-order valence-electron chi connectivity index (χ4n) is 2.90. The number of rotatable bonds is 2. The maximum absolute atomic E-state index is 12.4. The van der Waals surface area contributed by atoms with Crippen molar-refractivity contribution in [2.75, 3.05) is 0 Å². The Labute approximate surface area is 136 Å². The lowest BCUT2D eigenvalue weighted by Gasteiger charge is -2.24. The number of nitrogens with zero attached hydrogens (tertiary/aromatic N) is 1. The molecule has 0 saturated heterocycles. The van der Waals surface area contributed by atoms with Gasteiger partial charge in [-0.1, -0.05) is 48.0 Å². The largest absolute Gasteiger partial charge is 0.515 e. The minimum absolute atomic E-state index is 0.0570. The van der Waals surface area contributed by atoms with Crippen molar-refractivity contribution >= 4 is 17.2 Å². The van der Waals surface area contributed by atoms with Gasteiger partial charge in [0.15, 0.2) is 5.78 Å². The van der Waals surface area contributed by atoms with Crippen molar-refractivity contribution in [3.63, 3.8) is 0 Å². The summed E-state index contributed by atoms with van der Waals surface area (Å²) in [6, 6.07) is 17.8. The quantitative estimate of drug-likeness (QED) is 0.648. The van der Waals surface area contributed by atoms with Crippen molar-refractivity contribution in [1.82, 2.24) is 0 Å². The summed E-state index contributed by atoms with van der Waals surface area (Å²) in [6.45, 7) is 2.02. The van der Waals surface area contributed by atoms with E-state index in [4.69, 9.17) is 0 Å². The minimum atomic E-state index is -0.0570. The Bertz CT molecular complexity index is 758. The van der Waals surface area contributed by atoms with Crippen molar-refractivity contribution in [3.05, 3.63) is 77.6 Å². The number of carbonyl (C=O) groups excluding carboxylic acids is 1. The monoisotopic (exact) mass is 305 g/mol. The van der Waals surface area contributed by atoms with Crippen molar-refractivity contribution in [1.29, 1.82) is 0 Å². The van der Waals surface area contributed by atoms with Crippen LogP contribution in [-0.2, 0) is 4.79 Å². The number of carbonyl (C=O) groups is 1. The van der Waals surface area contributed by atoms with Gasteiger partial charge in [0.05, 0.1) is 23.2 Å². The molecule has 1 saturated carbocycles. The molecular weight excluding hydrogens is 286 g/mol. The number of aryl methyl sites for hydroxylation is 1. The number of allylic oxidation sites excluding steroid dienone is 1. The van der Waals surface area contributed by atoms with E-state index in [2.05, 4.69) is 4.99 Å². The Kier molecular flexibility index (Phi) is 4.38. The molecule has 2 aromatic carbocycles. The molecule has 116 valence electrons. The Morgan fingerprint density at radius 1 is 1.04 bits per heavy atom. The Hall–Kier alpha value is -2.68. The summed E-state index contributed by atoms with van der Waals surface area (Å²) in [7, 11) is 0. The van der Waals surface area contributed by atoms with Crippen LogP contribution in [0.4, 0.5) is 5.69 Å². The van der Waals surface area contributed by atoms with Crippen LogP contribution in [0.1, 0.15) is 29.9 Å². The summed E-state index contributed by atoms with van der Waals surface area (Å²) < 4.78 is 0. The first-order chi connectivity index (χ1) is 11.2. The van der Waals surface area contributed by atoms with Crippen LogP contribution in [0.2, 0.25) is 0 Å². The highest BCUT2D eigenvalue weighted by Crippen LogP contribution is 2.33. The van der Waals surface area contributed by atoms with Crippen LogP contribution in [0.25, 0.3) is 0 Å². The van der Waals surface area contributed by atoms with Crippen molar-refractivity contribution in [2.24, 2.45) is 4.99 Å². The third-order valence-electron chi connectivity index (χ3n) is 4.18. The van der Waals surface area contributed by atoms with Crippen LogP contribution in [0, 0.1) is 6.92 Å². The first-order valence-electron chi connectivity index (χ1n) is 7.74. The van der Waals surface area contributed by atoms with Crippen molar-refractivity contribution < 1.29 is 9.90 Å². The smallest absolute Gasteiger partial charge is 0.168 e. The molecule has 0 aromatic heterocycles. The fraction of sp³-hybridized carbons (Fsp3) is 0.200. The second-order valence-corrected chi connectivity index (χ2v) is 5.88. The molecule has 0 amide bonds. The van der Waals surface area contributed by atoms with Gasteiger partial charge in [0, 0.05) is 6.42 Å². The number of ketones is 1. The van der Waals surface area contributed by atoms with E-state index in [0.717, 1.165) is 23.1 Å². The molecule has 2 aromatic rings. The molecule has 1 N–H and O–H groups in total. The number of aliphatic hydroxyl groups excluding tert-OH is 1. The van der Waals surface area contributed by atoms with Gasteiger partial charge in [0.2, 0.25) is 0 Å². The second-order valence-electron chi connectivity index (χ2n) is 5.88. The summed E-state index contributed by atoms with van der Waals surface area (Å²) in [5, 5.41) is 9.45. The molecule has 0 radical (unpaired) electrons. The lowest BCUT2D eigenvalue weighted by Crippen LogP contribution is -2.25. The summed E-state index contributed by atoms with van der Waals surface area (Å²) in [4.78, 5) is 17.0. The van der Waals surface area contributed by atoms with Gasteiger partial charge in [-0.25, -0.2) is 0 Å². The highest BCUT2D eigenvalue weighted by atomic mass is 16.2. The Morgan fingerprint density at radius 2 is 1.74 bits per heavy atom. The molecule has 0 unspecified atom stereocenters. The van der Waals surface area contributed by atoms with Crippen LogP contribution >= 0.6 is 0 Å². The van der Waals surface area contributed by atoms with Gasteiger partial charge in [-0.05, 0) is 37.0 Å². The molecule has 1 aliphatic rings. The van der Waals surface area contributed by atoms with Gasteiger partial charge in [-0.15, -0.1) is 0 Å². The van der Waals surface area contributed by atoms with Gasteiger partial charge in [-0.2, -0.15) is 0 Å². The van der Waals surface area contributed by atoms with E-state index in [9.17, 15) is 9.90 Å². The predicted molar refractivity (Wildman–Crippen MR) is 92.4 cm³/mol. The van der Waals surface area contributed by atoms with Crippen LogP contribution in [-0.4, -0.2) is 16.6 Å². The average molecular weight is 305 g/mol. The van der Waals surface area contributed by atoms with Crippen molar-refractivity contribution in [2.45, 2.75) is 25.7 Å². The van der Waals surface area contributed by atoms with Gasteiger partial charge >= 0.3 is 0 Å². The molecule has 3 heteroatoms. The first kappa shape index (κ1) is 15.2. The zero-order valence-corrected chi connectivity index (χ0v) is 13.1. The third kappa shape index (κ3) is 3.39. The van der Waals surface area contributed by atoms with E-state index in [1.54, 1.807) is 0 Å². The molecule has 23 heavy (non-hydrogen) atoms. The number of benzene rings is 2. The van der Waals surface area contributed by atoms with E-state index in [1.165, 1.54) is 0 Å². The number of hydrogen-bond donors (Lipinski definition) is 1. The van der Waals surface area contributed by atoms with Gasteiger partial charge in [0.25, 0.3) is 0 Å². The van der Waals surface area contributed by atoms with E-state index in [1.807, 2.05) is 61.5 Å². The second kappa shape index (κ2) is 6.61. The molecule has 0 heterocycles. The number of aliphatic imine (C=N–C) groups is 1. The molecule has 0 spiro atoms. The summed E-state index contributed by atoms with van der Waals surface area (Å²) in [5.74, 6) is 0.0510. The van der Waals surface area contributed by atoms with Crippen LogP contribution < -0.4 is 0 Å². The highest BCUT2D eigenvalue weighted by molar-refractivity contribution is 6.24. The van der Waals surface area contributed by atoms with Crippen molar-refractivity contribution in [3.8, 4) is 0 Å². The van der Waals surface area contributed by atoms with Gasteiger partial charge in [0.1, 0.15) is 0 Å². The maximum atomic E-state index is 12.4. The Morgan fingerprint density at radius 3 is 2.39 bits per heavy atom. The number of aliphatic hydroxyl groups is 1. The molecule has 0 bridgehead atoms. The van der Waals surface area contributed by atoms with Crippen LogP contribution in [0.15, 0.2) is 71.4 Å². The molecule has 1 fully saturated rings. The lowest BCUT2D eigenvalue weighted by molar-refractivity contribution is -0.115. The summed E-state index contributed by atoms with van der Waals surface area (Å²) in [5.41, 5.74) is 4.08. The standard InChI is InChI=1S/C20H19NO2/c1-14-7-9-17(10-8-14)21-19-11-16(12-20(23)18(19)13-22)15-5-3-2-4-6-15/h2-10,13,16,22H,11-12H2,1H3/b18-13-,21-19?/t16-/m0/s1. The maximum Gasteiger partial charge on any atom is 0.168 e. The first-order valence-corrected chi connectivity index (χ1v) is 7.74. The lowest BCUT2D eigenvalue weighted by atomic mass is 9.80. The van der Waals surface area contributed by atoms with E-state index >= 15 is 0 Å². The number of Topliss-reactive ketones (excluding diaryl/α,β-unsaturated/α-hetero) is 1. The normalized spacial score (nSPS) is 21.8. The topological polar surface area (TPSA) is 49.7 Å². The average Bonchev–Trinajstić information content (AvgIpc) is 2.57. The SMILES string of the molecule is Cc1ccc(N=C2C[C@H](c3ccccc3)CC(=O)/C2=C\O)cc1. The van der Waals surface area contributed by atoms with Crippen LogP contribution in [0.3, 0.4) is 0 Å². The molecule has 1 aliphatic carbocycles. The van der Waals surface area contributed by atoms with Gasteiger partial charge < -0.3 is 5.11 Å². The zero-order chi connectivity index (χ0) is 16.2. The zero-order valence-electron chi connectivity index (χ0n) is 13.1. The summed E-state index contributed by atoms with van der Waals surface area (Å²) >= 11 is 0. The minimum Gasteiger partial charge on any atom is -0.515 e. The van der Waals surface area contributed by atoms with E-state index < -0.39 is 0 Å². The molecule has 3 nitrogen and oxygen atoms in total. The fourth-order valence-corrected chi connectivity index (χ4v) is 2.90. The summed E-state index contributed by atoms with van der Waals surface area (Å²) in [6.07, 6.45) is 1.95. The van der Waals surface area contributed by atoms with Crippen LogP contribution in [0.5, 0.6) is 0 Å². The molecule has 3 rings (SSSR count). The predicted octanol–water partition coefficient (Wildman–Crippen LogP) is 4.66.